The van der Waals surface area contributed by atoms with Crippen molar-refractivity contribution >= 4 is 17.5 Å². The molecule has 2 atom stereocenters. The van der Waals surface area contributed by atoms with Crippen molar-refractivity contribution in [2.45, 2.75) is 45.6 Å². The zero-order valence-corrected chi connectivity index (χ0v) is 14.0. The maximum atomic E-state index is 12.3. The summed E-state index contributed by atoms with van der Waals surface area (Å²) >= 11 is 0. The Balaban J connectivity index is 1.73. The Morgan fingerprint density at radius 2 is 2.09 bits per heavy atom. The lowest BCUT2D eigenvalue weighted by Gasteiger charge is -2.19. The van der Waals surface area contributed by atoms with E-state index in [1.807, 2.05) is 36.9 Å². The van der Waals surface area contributed by atoms with Crippen LogP contribution in [-0.4, -0.2) is 30.9 Å². The van der Waals surface area contributed by atoms with E-state index in [0.717, 1.165) is 25.1 Å². The quantitative estimate of drug-likeness (QED) is 0.754. The van der Waals surface area contributed by atoms with Crippen LogP contribution in [-0.2, 0) is 16.0 Å². The highest BCUT2D eigenvalue weighted by Crippen LogP contribution is 2.27. The van der Waals surface area contributed by atoms with Gasteiger partial charge in [0.1, 0.15) is 0 Å². The zero-order chi connectivity index (χ0) is 16.8. The van der Waals surface area contributed by atoms with E-state index in [9.17, 15) is 9.59 Å². The molecule has 1 aromatic carbocycles. The summed E-state index contributed by atoms with van der Waals surface area (Å²) < 4.78 is 0. The predicted molar refractivity (Wildman–Crippen MR) is 92.2 cm³/mol. The number of fused-ring (bicyclic) bond motifs is 1. The molecule has 1 aliphatic heterocycles. The Morgan fingerprint density at radius 3 is 2.83 bits per heavy atom. The normalized spacial score (nSPS) is 15.9. The average Bonchev–Trinajstić information content (AvgIpc) is 3.01. The lowest BCUT2D eigenvalue weighted by molar-refractivity contribution is -0.124. The van der Waals surface area contributed by atoms with Crippen molar-refractivity contribution in [2.75, 3.05) is 18.0 Å². The molecule has 1 heterocycles. The molecular formula is C18H27N3O2. The van der Waals surface area contributed by atoms with Gasteiger partial charge in [0.25, 0.3) is 0 Å². The number of carbonyl (C=O) groups is 2. The predicted octanol–water partition coefficient (Wildman–Crippen LogP) is 1.85. The van der Waals surface area contributed by atoms with Crippen LogP contribution >= 0.6 is 0 Å². The van der Waals surface area contributed by atoms with Gasteiger partial charge in [-0.2, -0.15) is 0 Å². The van der Waals surface area contributed by atoms with Gasteiger partial charge in [0.2, 0.25) is 11.8 Å². The van der Waals surface area contributed by atoms with Crippen molar-refractivity contribution in [2.24, 2.45) is 11.7 Å². The monoisotopic (exact) mass is 317 g/mol. The second-order valence-electron chi connectivity index (χ2n) is 6.23. The molecule has 0 saturated heterocycles. The summed E-state index contributed by atoms with van der Waals surface area (Å²) in [5, 5.41) is 2.83. The topological polar surface area (TPSA) is 75.4 Å². The van der Waals surface area contributed by atoms with Gasteiger partial charge in [0.15, 0.2) is 0 Å². The largest absolute Gasteiger partial charge is 0.355 e. The minimum atomic E-state index is -0.471. The molecule has 0 saturated carbocycles. The van der Waals surface area contributed by atoms with Crippen molar-refractivity contribution in [1.82, 2.24) is 5.32 Å². The third kappa shape index (κ3) is 4.32. The van der Waals surface area contributed by atoms with E-state index in [4.69, 9.17) is 5.73 Å². The second-order valence-corrected chi connectivity index (χ2v) is 6.23. The minimum Gasteiger partial charge on any atom is -0.355 e. The van der Waals surface area contributed by atoms with Crippen LogP contribution in [0.4, 0.5) is 5.69 Å². The Hall–Kier alpha value is -1.88. The van der Waals surface area contributed by atoms with Crippen LogP contribution in [0.15, 0.2) is 24.3 Å². The standard InChI is InChI=1S/C18H27N3O2/c1-3-13(2)17(19)18(23)20-11-6-9-16(22)21-12-10-14-7-4-5-8-15(14)21/h4-5,7-8,13,17H,3,6,9-12,19H2,1-2H3,(H,20,23). The fraction of sp³-hybridized carbons (Fsp3) is 0.556. The molecule has 5 nitrogen and oxygen atoms in total. The summed E-state index contributed by atoms with van der Waals surface area (Å²) in [6, 6.07) is 7.55. The fourth-order valence-electron chi connectivity index (χ4n) is 2.81. The third-order valence-corrected chi connectivity index (χ3v) is 4.61. The smallest absolute Gasteiger partial charge is 0.237 e. The number of rotatable bonds is 7. The van der Waals surface area contributed by atoms with E-state index < -0.39 is 6.04 Å². The highest BCUT2D eigenvalue weighted by Gasteiger charge is 2.23. The first-order chi connectivity index (χ1) is 11.0. The van der Waals surface area contributed by atoms with E-state index in [2.05, 4.69) is 11.4 Å². The third-order valence-electron chi connectivity index (χ3n) is 4.61. The lowest BCUT2D eigenvalue weighted by Crippen LogP contribution is -2.45. The first-order valence-corrected chi connectivity index (χ1v) is 8.46. The van der Waals surface area contributed by atoms with Gasteiger partial charge in [-0.1, -0.05) is 38.5 Å². The van der Waals surface area contributed by atoms with Gasteiger partial charge in [-0.15, -0.1) is 0 Å². The van der Waals surface area contributed by atoms with Gasteiger partial charge in [-0.05, 0) is 30.4 Å². The van der Waals surface area contributed by atoms with Crippen LogP contribution in [0, 0.1) is 5.92 Å². The Labute approximate surface area is 138 Å². The molecule has 3 N–H and O–H groups in total. The van der Waals surface area contributed by atoms with Crippen molar-refractivity contribution in [1.29, 1.82) is 0 Å². The fourth-order valence-corrected chi connectivity index (χ4v) is 2.81. The molecule has 2 amide bonds. The number of hydrogen-bond acceptors (Lipinski definition) is 3. The molecule has 0 aromatic heterocycles. The molecule has 2 unspecified atom stereocenters. The molecule has 126 valence electrons. The number of nitrogens with zero attached hydrogens (tertiary/aromatic N) is 1. The Morgan fingerprint density at radius 1 is 1.35 bits per heavy atom. The molecular weight excluding hydrogens is 290 g/mol. The molecule has 0 fully saturated rings. The van der Waals surface area contributed by atoms with Crippen LogP contribution in [0.25, 0.3) is 0 Å². The van der Waals surface area contributed by atoms with E-state index in [1.54, 1.807) is 0 Å². The summed E-state index contributed by atoms with van der Waals surface area (Å²) in [7, 11) is 0. The van der Waals surface area contributed by atoms with E-state index in [1.165, 1.54) is 5.56 Å². The SMILES string of the molecule is CCC(C)C(N)C(=O)NCCCC(=O)N1CCc2ccccc21. The van der Waals surface area contributed by atoms with E-state index in [-0.39, 0.29) is 17.7 Å². The van der Waals surface area contributed by atoms with Crippen LogP contribution < -0.4 is 16.0 Å². The van der Waals surface area contributed by atoms with Crippen LogP contribution in [0.3, 0.4) is 0 Å². The number of para-hydroxylation sites is 1. The molecule has 0 bridgehead atoms. The molecule has 2 rings (SSSR count). The van der Waals surface area contributed by atoms with Gasteiger partial charge in [0, 0.05) is 25.2 Å². The van der Waals surface area contributed by atoms with Crippen molar-refractivity contribution in [3.8, 4) is 0 Å². The maximum Gasteiger partial charge on any atom is 0.237 e. The minimum absolute atomic E-state index is 0.121. The summed E-state index contributed by atoms with van der Waals surface area (Å²) in [6.07, 6.45) is 2.87. The summed E-state index contributed by atoms with van der Waals surface area (Å²) in [4.78, 5) is 26.1. The van der Waals surface area contributed by atoms with Gasteiger partial charge in [0.05, 0.1) is 6.04 Å². The molecule has 0 spiro atoms. The highest BCUT2D eigenvalue weighted by molar-refractivity contribution is 5.95. The van der Waals surface area contributed by atoms with E-state index in [0.29, 0.717) is 19.4 Å². The lowest BCUT2D eigenvalue weighted by atomic mass is 9.99. The number of hydrogen-bond donors (Lipinski definition) is 2. The van der Waals surface area contributed by atoms with E-state index >= 15 is 0 Å². The van der Waals surface area contributed by atoms with Gasteiger partial charge in [-0.25, -0.2) is 0 Å². The zero-order valence-electron chi connectivity index (χ0n) is 14.0. The number of anilines is 1. The summed E-state index contributed by atoms with van der Waals surface area (Å²) in [5.74, 6) is 0.159. The number of carbonyl (C=O) groups excluding carboxylic acids is 2. The van der Waals surface area contributed by atoms with Crippen LogP contribution in [0.1, 0.15) is 38.7 Å². The van der Waals surface area contributed by atoms with Gasteiger partial charge < -0.3 is 16.0 Å². The first kappa shape index (κ1) is 17.5. The Bertz CT molecular complexity index is 559. The van der Waals surface area contributed by atoms with Crippen LogP contribution in [0.2, 0.25) is 0 Å². The molecule has 1 aliphatic rings. The maximum absolute atomic E-state index is 12.3. The molecule has 0 radical (unpaired) electrons. The second kappa shape index (κ2) is 8.11. The number of amides is 2. The van der Waals surface area contributed by atoms with Crippen molar-refractivity contribution in [3.63, 3.8) is 0 Å². The number of benzene rings is 1. The van der Waals surface area contributed by atoms with Gasteiger partial charge in [-0.3, -0.25) is 9.59 Å². The highest BCUT2D eigenvalue weighted by atomic mass is 16.2. The molecule has 5 heteroatoms. The van der Waals surface area contributed by atoms with Crippen molar-refractivity contribution < 1.29 is 9.59 Å². The average molecular weight is 317 g/mol. The summed E-state index contributed by atoms with van der Waals surface area (Å²) in [5.41, 5.74) is 8.14. The van der Waals surface area contributed by atoms with Gasteiger partial charge >= 0.3 is 0 Å². The van der Waals surface area contributed by atoms with Crippen LogP contribution in [0.5, 0.6) is 0 Å². The molecule has 23 heavy (non-hydrogen) atoms. The Kier molecular flexibility index (Phi) is 6.16. The summed E-state index contributed by atoms with van der Waals surface area (Å²) in [6.45, 7) is 5.23. The number of nitrogens with two attached hydrogens (primary N) is 1. The van der Waals surface area contributed by atoms with Crippen molar-refractivity contribution in [3.05, 3.63) is 29.8 Å². The molecule has 0 aliphatic carbocycles. The number of nitrogens with one attached hydrogen (secondary N) is 1. The molecule has 1 aromatic rings. The first-order valence-electron chi connectivity index (χ1n) is 8.46.